The number of carbonyl (C=O) groups excluding carboxylic acids is 4. The standard InChI is InChI=1S/C44H57N9O8S2/c1-29(32-8-10-33(11-9-32)39-30(2)47-28-62-39)48-41(56)37-23-35(54)26-53(37)42(57)40(44(3,4)5)50-38(55)27-61-22-21-51-17-19-52(20-18-51)63(59,60)36-14-12-34(13-15-36)49-43(58)46-25-31-7-6-16-45-24-31/h6-16,24,28-29,35,37,40,54H,17-23,25-27H2,1-5H3,(H,48,56)(H,50,55)(H2,46,49,58). The molecule has 17 nitrogen and oxygen atoms in total. The molecule has 0 radical (unpaired) electrons. The van der Waals surface area contributed by atoms with Gasteiger partial charge in [-0.05, 0) is 66.3 Å². The van der Waals surface area contributed by atoms with Crippen molar-refractivity contribution in [1.29, 1.82) is 0 Å². The summed E-state index contributed by atoms with van der Waals surface area (Å²) in [7, 11) is -3.77. The first-order chi connectivity index (χ1) is 30.0. The van der Waals surface area contributed by atoms with E-state index in [2.05, 4.69) is 31.2 Å². The molecule has 2 fully saturated rings. The number of nitrogens with one attached hydrogen (secondary N) is 4. The van der Waals surface area contributed by atoms with Crippen LogP contribution in [0.3, 0.4) is 0 Å². The van der Waals surface area contributed by atoms with Crippen LogP contribution in [0.1, 0.15) is 57.0 Å². The molecule has 2 aliphatic rings. The second kappa shape index (κ2) is 20.9. The van der Waals surface area contributed by atoms with Crippen molar-refractivity contribution in [2.75, 3.05) is 57.8 Å². The summed E-state index contributed by atoms with van der Waals surface area (Å²) in [5, 5.41) is 21.9. The first-order valence-corrected chi connectivity index (χ1v) is 23.2. The van der Waals surface area contributed by atoms with Gasteiger partial charge in [0, 0.05) is 70.3 Å². The Morgan fingerprint density at radius 1 is 0.984 bits per heavy atom. The topological polar surface area (TPSA) is 216 Å². The number of thiazole rings is 1. The molecule has 4 unspecified atom stereocenters. The zero-order valence-electron chi connectivity index (χ0n) is 36.2. The van der Waals surface area contributed by atoms with Gasteiger partial charge in [-0.3, -0.25) is 24.3 Å². The number of urea groups is 1. The van der Waals surface area contributed by atoms with Crippen LogP contribution in [0.4, 0.5) is 10.5 Å². The van der Waals surface area contributed by atoms with Crippen molar-refractivity contribution in [2.24, 2.45) is 5.41 Å². The monoisotopic (exact) mass is 903 g/mol. The van der Waals surface area contributed by atoms with Gasteiger partial charge in [0.1, 0.15) is 18.7 Å². The molecule has 2 aliphatic heterocycles. The molecule has 2 saturated heterocycles. The zero-order valence-corrected chi connectivity index (χ0v) is 37.9. The van der Waals surface area contributed by atoms with Gasteiger partial charge in [0.15, 0.2) is 0 Å². The van der Waals surface area contributed by atoms with Gasteiger partial charge in [-0.15, -0.1) is 11.3 Å². The first-order valence-electron chi connectivity index (χ1n) is 20.9. The Morgan fingerprint density at radius 2 is 1.70 bits per heavy atom. The lowest BCUT2D eigenvalue weighted by Gasteiger charge is -2.35. The summed E-state index contributed by atoms with van der Waals surface area (Å²) in [4.78, 5) is 66.1. The van der Waals surface area contributed by atoms with E-state index in [0.717, 1.165) is 27.3 Å². The van der Waals surface area contributed by atoms with Crippen LogP contribution in [0.2, 0.25) is 0 Å². The maximum Gasteiger partial charge on any atom is 0.319 e. The lowest BCUT2D eigenvalue weighted by atomic mass is 9.85. The number of piperazine rings is 1. The van der Waals surface area contributed by atoms with E-state index in [1.807, 2.05) is 69.9 Å². The molecule has 2 aromatic carbocycles. The number of aryl methyl sites for hydroxylation is 1. The van der Waals surface area contributed by atoms with Crippen molar-refractivity contribution < 1.29 is 37.4 Å². The number of aliphatic hydroxyl groups is 1. The smallest absolute Gasteiger partial charge is 0.319 e. The van der Waals surface area contributed by atoms with Crippen LogP contribution in [0.5, 0.6) is 0 Å². The summed E-state index contributed by atoms with van der Waals surface area (Å²) in [6, 6.07) is 14.8. The number of rotatable bonds is 16. The van der Waals surface area contributed by atoms with Crippen LogP contribution in [-0.4, -0.2) is 132 Å². The van der Waals surface area contributed by atoms with E-state index in [-0.39, 0.29) is 50.2 Å². The second-order valence-corrected chi connectivity index (χ2v) is 19.7. The van der Waals surface area contributed by atoms with Crippen molar-refractivity contribution in [3.05, 3.63) is 95.4 Å². The SMILES string of the molecule is Cc1ncsc1-c1ccc(C(C)NC(=O)C2CC(O)CN2C(=O)C(NC(=O)COCCN2CCN(S(=O)(=O)c3ccc(NC(=O)NCc4cccnc4)cc3)CC2)C(C)(C)C)cc1. The van der Waals surface area contributed by atoms with Crippen molar-refractivity contribution >= 4 is 50.8 Å². The number of aliphatic hydroxyl groups excluding tert-OH is 1. The van der Waals surface area contributed by atoms with Gasteiger partial charge in [0.2, 0.25) is 27.7 Å². The largest absolute Gasteiger partial charge is 0.391 e. The number of anilines is 1. The number of amides is 5. The summed E-state index contributed by atoms with van der Waals surface area (Å²) in [6.07, 6.45) is 2.47. The van der Waals surface area contributed by atoms with E-state index in [0.29, 0.717) is 31.9 Å². The minimum Gasteiger partial charge on any atom is -0.391 e. The molecule has 338 valence electrons. The van der Waals surface area contributed by atoms with E-state index in [9.17, 15) is 32.7 Å². The molecule has 0 saturated carbocycles. The zero-order chi connectivity index (χ0) is 45.3. The maximum atomic E-state index is 14.1. The Labute approximate surface area is 372 Å². The molecular formula is C44H57N9O8S2. The van der Waals surface area contributed by atoms with E-state index in [1.54, 1.807) is 47.4 Å². The predicted octanol–water partition coefficient (Wildman–Crippen LogP) is 3.53. The molecule has 0 aliphatic carbocycles. The quantitative estimate of drug-likeness (QED) is 0.103. The van der Waals surface area contributed by atoms with Crippen LogP contribution < -0.4 is 21.3 Å². The van der Waals surface area contributed by atoms with E-state index < -0.39 is 57.4 Å². The van der Waals surface area contributed by atoms with E-state index in [1.165, 1.54) is 21.3 Å². The molecule has 4 aromatic rings. The third-order valence-electron chi connectivity index (χ3n) is 11.1. The number of hydrogen-bond acceptors (Lipinski definition) is 12. The molecule has 63 heavy (non-hydrogen) atoms. The highest BCUT2D eigenvalue weighted by molar-refractivity contribution is 7.89. The van der Waals surface area contributed by atoms with Gasteiger partial charge in [-0.25, -0.2) is 18.2 Å². The first kappa shape index (κ1) is 47.2. The summed E-state index contributed by atoms with van der Waals surface area (Å²) in [5.41, 5.74) is 5.24. The third kappa shape index (κ3) is 12.5. The van der Waals surface area contributed by atoms with Gasteiger partial charge < -0.3 is 36.0 Å². The molecule has 0 bridgehead atoms. The van der Waals surface area contributed by atoms with Crippen LogP contribution in [0, 0.1) is 12.3 Å². The number of benzene rings is 2. The number of nitrogens with zero attached hydrogens (tertiary/aromatic N) is 5. The molecule has 2 aromatic heterocycles. The number of likely N-dealkylation sites (tertiary alicyclic amines) is 1. The highest BCUT2D eigenvalue weighted by atomic mass is 32.2. The van der Waals surface area contributed by atoms with Gasteiger partial charge >= 0.3 is 6.03 Å². The second-order valence-electron chi connectivity index (χ2n) is 16.9. The Balaban J connectivity index is 0.927. The van der Waals surface area contributed by atoms with Crippen LogP contribution in [0.15, 0.2) is 83.5 Å². The molecular weight excluding hydrogens is 847 g/mol. The Kier molecular flexibility index (Phi) is 15.7. The number of hydrogen-bond donors (Lipinski definition) is 5. The average Bonchev–Trinajstić information content (AvgIpc) is 3.88. The maximum absolute atomic E-state index is 14.1. The highest BCUT2D eigenvalue weighted by Crippen LogP contribution is 2.30. The Bertz CT molecular complexity index is 2300. The fourth-order valence-corrected chi connectivity index (χ4v) is 9.72. The third-order valence-corrected chi connectivity index (χ3v) is 14.0. The average molecular weight is 904 g/mol. The van der Waals surface area contributed by atoms with Crippen molar-refractivity contribution in [1.82, 2.24) is 40.0 Å². The van der Waals surface area contributed by atoms with Gasteiger partial charge in [-0.2, -0.15) is 4.31 Å². The molecule has 19 heteroatoms. The fourth-order valence-electron chi connectivity index (χ4n) is 7.49. The minimum atomic E-state index is -3.77. The highest BCUT2D eigenvalue weighted by Gasteiger charge is 2.44. The summed E-state index contributed by atoms with van der Waals surface area (Å²) >= 11 is 1.56. The van der Waals surface area contributed by atoms with E-state index in [4.69, 9.17) is 4.74 Å². The molecule has 6 rings (SSSR count). The number of sulfonamides is 1. The number of pyridine rings is 1. The Morgan fingerprint density at radius 3 is 2.33 bits per heavy atom. The Hall–Kier alpha value is -5.31. The molecule has 0 spiro atoms. The predicted molar refractivity (Wildman–Crippen MR) is 239 cm³/mol. The summed E-state index contributed by atoms with van der Waals surface area (Å²) in [5.74, 6) is -1.36. The molecule has 5 amide bonds. The van der Waals surface area contributed by atoms with Crippen molar-refractivity contribution in [3.8, 4) is 10.4 Å². The lowest BCUT2D eigenvalue weighted by Crippen LogP contribution is -2.58. The molecule has 5 N–H and O–H groups in total. The van der Waals surface area contributed by atoms with E-state index >= 15 is 0 Å². The van der Waals surface area contributed by atoms with Crippen molar-refractivity contribution in [3.63, 3.8) is 0 Å². The van der Waals surface area contributed by atoms with Crippen LogP contribution in [-0.2, 0) is 35.7 Å². The normalized spacial score (nSPS) is 18.3. The van der Waals surface area contributed by atoms with Crippen LogP contribution >= 0.6 is 11.3 Å². The van der Waals surface area contributed by atoms with Gasteiger partial charge in [-0.1, -0.05) is 51.1 Å². The summed E-state index contributed by atoms with van der Waals surface area (Å²) in [6.45, 7) is 11.3. The fraction of sp³-hybridized carbons (Fsp3) is 0.455. The number of β-amino-alcohol motifs (C(OH)–C–C–N with tert-alkyl or cyclic N) is 1. The van der Waals surface area contributed by atoms with Crippen LogP contribution in [0.25, 0.3) is 10.4 Å². The number of carbonyl (C=O) groups is 4. The van der Waals surface area contributed by atoms with Gasteiger partial charge in [0.05, 0.1) is 39.7 Å². The number of ether oxygens (including phenoxy) is 1. The summed E-state index contributed by atoms with van der Waals surface area (Å²) < 4.78 is 33.9. The molecule has 4 heterocycles. The molecule has 4 atom stereocenters. The lowest BCUT2D eigenvalue weighted by molar-refractivity contribution is -0.144. The number of aromatic nitrogens is 2. The van der Waals surface area contributed by atoms with Gasteiger partial charge in [0.25, 0.3) is 0 Å². The minimum absolute atomic E-state index is 0.0417. The van der Waals surface area contributed by atoms with Crippen molar-refractivity contribution in [2.45, 2.75) is 76.7 Å².